The average molecular weight is 366 g/mol. The van der Waals surface area contributed by atoms with Gasteiger partial charge < -0.3 is 10.4 Å². The fourth-order valence-electron chi connectivity index (χ4n) is 4.15. The molecule has 2 N–H and O–H groups in total. The van der Waals surface area contributed by atoms with Crippen molar-refractivity contribution in [2.45, 2.75) is 103 Å². The molecule has 0 aromatic heterocycles. The second-order valence-electron chi connectivity index (χ2n) is 7.90. The monoisotopic (exact) mass is 365 g/mol. The first kappa shape index (κ1) is 23.2. The summed E-state index contributed by atoms with van der Waals surface area (Å²) in [6, 6.07) is 0. The van der Waals surface area contributed by atoms with Gasteiger partial charge in [0.2, 0.25) is 0 Å². The number of allylic oxidation sites excluding steroid dienone is 2. The maximum atomic E-state index is 9.36. The molecule has 0 radical (unpaired) electrons. The third-order valence-corrected chi connectivity index (χ3v) is 5.97. The number of unbranched alkanes of at least 4 members (excludes halogenated alkanes) is 11. The van der Waals surface area contributed by atoms with Crippen molar-refractivity contribution in [1.82, 2.24) is 5.32 Å². The van der Waals surface area contributed by atoms with Crippen molar-refractivity contribution < 1.29 is 9.59 Å². The minimum absolute atomic E-state index is 0.270. The van der Waals surface area contributed by atoms with Gasteiger partial charge in [-0.1, -0.05) is 69.9 Å². The van der Waals surface area contributed by atoms with Crippen LogP contribution in [-0.4, -0.2) is 35.5 Å². The standard InChI is InChI=1S/C23H45N2O/c1-3-5-6-7-8-9-10-11-12-13-14-15-16-17-18-23-24-19-20-25(23,4-2)21-22-26/h3,5,19-20,23-24,26H,4,6-18,21-22H2,1-2H3/q+1/b5-3+. The van der Waals surface area contributed by atoms with E-state index in [-0.39, 0.29) is 6.61 Å². The molecule has 1 aliphatic rings. The molecule has 0 aromatic carbocycles. The highest BCUT2D eigenvalue weighted by molar-refractivity contribution is 4.84. The van der Waals surface area contributed by atoms with Gasteiger partial charge in [0.25, 0.3) is 0 Å². The van der Waals surface area contributed by atoms with Crippen molar-refractivity contribution >= 4 is 0 Å². The van der Waals surface area contributed by atoms with Gasteiger partial charge in [0.05, 0.1) is 19.4 Å². The number of hydrogen-bond acceptors (Lipinski definition) is 2. The van der Waals surface area contributed by atoms with Gasteiger partial charge in [-0.25, -0.2) is 0 Å². The Morgan fingerprint density at radius 2 is 1.50 bits per heavy atom. The topological polar surface area (TPSA) is 32.3 Å². The van der Waals surface area contributed by atoms with Crippen LogP contribution in [0.4, 0.5) is 0 Å². The number of likely N-dealkylation sites (N-methyl/N-ethyl adjacent to an activating group) is 1. The number of aliphatic hydroxyl groups excluding tert-OH is 1. The van der Waals surface area contributed by atoms with Crippen LogP contribution < -0.4 is 5.32 Å². The number of nitrogens with zero attached hydrogens (tertiary/aromatic N) is 1. The molecule has 0 bridgehead atoms. The Balaban J connectivity index is 1.90. The zero-order valence-corrected chi connectivity index (χ0v) is 17.6. The molecule has 2 atom stereocenters. The molecule has 2 unspecified atom stereocenters. The smallest absolute Gasteiger partial charge is 0.166 e. The molecule has 0 amide bonds. The predicted octanol–water partition coefficient (Wildman–Crippen LogP) is 5.86. The quantitative estimate of drug-likeness (QED) is 0.192. The van der Waals surface area contributed by atoms with E-state index >= 15 is 0 Å². The fraction of sp³-hybridized carbons (Fsp3) is 0.826. The van der Waals surface area contributed by atoms with Crippen LogP contribution in [0.1, 0.15) is 97.3 Å². The van der Waals surface area contributed by atoms with E-state index in [0.717, 1.165) is 17.6 Å². The van der Waals surface area contributed by atoms with Crippen LogP contribution in [0, 0.1) is 0 Å². The first-order valence-electron chi connectivity index (χ1n) is 11.3. The summed E-state index contributed by atoms with van der Waals surface area (Å²) in [6.45, 7) is 6.50. The van der Waals surface area contributed by atoms with Crippen LogP contribution in [0.25, 0.3) is 0 Å². The van der Waals surface area contributed by atoms with Crippen molar-refractivity contribution in [1.29, 1.82) is 0 Å². The summed E-state index contributed by atoms with van der Waals surface area (Å²) in [7, 11) is 0. The Morgan fingerprint density at radius 1 is 0.923 bits per heavy atom. The summed E-state index contributed by atoms with van der Waals surface area (Å²) in [5.41, 5.74) is 0. The second-order valence-corrected chi connectivity index (χ2v) is 7.90. The lowest BCUT2D eigenvalue weighted by Gasteiger charge is -2.36. The molecule has 0 fully saturated rings. The minimum Gasteiger partial charge on any atom is -0.390 e. The Bertz CT molecular complexity index is 380. The molecular formula is C23H45N2O+. The lowest BCUT2D eigenvalue weighted by molar-refractivity contribution is -0.900. The minimum atomic E-state index is 0.270. The van der Waals surface area contributed by atoms with Gasteiger partial charge >= 0.3 is 0 Å². The third-order valence-electron chi connectivity index (χ3n) is 5.97. The van der Waals surface area contributed by atoms with E-state index in [4.69, 9.17) is 0 Å². The van der Waals surface area contributed by atoms with Crippen LogP contribution in [0.15, 0.2) is 24.6 Å². The van der Waals surface area contributed by atoms with Crippen molar-refractivity contribution in [3.63, 3.8) is 0 Å². The molecule has 0 aromatic rings. The predicted molar refractivity (Wildman–Crippen MR) is 114 cm³/mol. The molecule has 0 spiro atoms. The molecule has 1 rings (SSSR count). The third kappa shape index (κ3) is 9.23. The maximum Gasteiger partial charge on any atom is 0.166 e. The van der Waals surface area contributed by atoms with Gasteiger partial charge in [-0.15, -0.1) is 0 Å². The summed E-state index contributed by atoms with van der Waals surface area (Å²) >= 11 is 0. The van der Waals surface area contributed by atoms with Crippen molar-refractivity contribution in [2.24, 2.45) is 0 Å². The van der Waals surface area contributed by atoms with E-state index in [1.54, 1.807) is 0 Å². The fourth-order valence-corrected chi connectivity index (χ4v) is 4.15. The van der Waals surface area contributed by atoms with Crippen molar-refractivity contribution in [2.75, 3.05) is 19.7 Å². The second kappa shape index (κ2) is 15.3. The highest BCUT2D eigenvalue weighted by atomic mass is 16.3. The molecular weight excluding hydrogens is 320 g/mol. The molecule has 1 aliphatic heterocycles. The van der Waals surface area contributed by atoms with E-state index in [9.17, 15) is 5.11 Å². The summed E-state index contributed by atoms with van der Waals surface area (Å²) in [6.07, 6.45) is 27.1. The Morgan fingerprint density at radius 3 is 2.04 bits per heavy atom. The van der Waals surface area contributed by atoms with Gasteiger partial charge in [0.1, 0.15) is 12.7 Å². The van der Waals surface area contributed by atoms with Gasteiger partial charge in [0, 0.05) is 6.42 Å². The number of aliphatic hydroxyl groups is 1. The molecule has 3 heteroatoms. The Kier molecular flexibility index (Phi) is 13.7. The zero-order chi connectivity index (χ0) is 18.9. The molecule has 1 heterocycles. The normalized spacial score (nSPS) is 22.3. The van der Waals surface area contributed by atoms with Gasteiger partial charge in [-0.2, -0.15) is 0 Å². The number of nitrogens with one attached hydrogen (secondary N) is 1. The molecule has 0 aliphatic carbocycles. The van der Waals surface area contributed by atoms with E-state index in [1.807, 2.05) is 0 Å². The summed E-state index contributed by atoms with van der Waals surface area (Å²) in [5, 5.41) is 12.9. The highest BCUT2D eigenvalue weighted by Gasteiger charge is 2.35. The van der Waals surface area contributed by atoms with Gasteiger partial charge in [-0.3, -0.25) is 4.48 Å². The van der Waals surface area contributed by atoms with Crippen LogP contribution in [0.5, 0.6) is 0 Å². The van der Waals surface area contributed by atoms with E-state index in [1.165, 1.54) is 83.5 Å². The molecule has 0 saturated carbocycles. The first-order chi connectivity index (χ1) is 12.8. The summed E-state index contributed by atoms with van der Waals surface area (Å²) in [5.74, 6) is 0. The molecule has 3 nitrogen and oxygen atoms in total. The average Bonchev–Trinajstić information content (AvgIpc) is 3.05. The number of rotatable bonds is 17. The van der Waals surface area contributed by atoms with E-state index in [0.29, 0.717) is 6.17 Å². The maximum absolute atomic E-state index is 9.36. The molecule has 0 saturated heterocycles. The van der Waals surface area contributed by atoms with E-state index < -0.39 is 0 Å². The van der Waals surface area contributed by atoms with Crippen molar-refractivity contribution in [3.8, 4) is 0 Å². The molecule has 26 heavy (non-hydrogen) atoms. The van der Waals surface area contributed by atoms with Crippen molar-refractivity contribution in [3.05, 3.63) is 24.6 Å². The number of hydrogen-bond donors (Lipinski definition) is 2. The summed E-state index contributed by atoms with van der Waals surface area (Å²) in [4.78, 5) is 0. The van der Waals surface area contributed by atoms with Gasteiger partial charge in [-0.05, 0) is 33.1 Å². The Labute approximate surface area is 163 Å². The largest absolute Gasteiger partial charge is 0.390 e. The number of quaternary nitrogens is 1. The van der Waals surface area contributed by atoms with Crippen LogP contribution in [0.3, 0.4) is 0 Å². The SMILES string of the molecule is C/C=C/CCCCCCCCCCCCCC1NC=C[N+]1(CC)CCO. The Hall–Kier alpha value is -0.800. The molecule has 152 valence electrons. The highest BCUT2D eigenvalue weighted by Crippen LogP contribution is 2.23. The first-order valence-corrected chi connectivity index (χ1v) is 11.3. The van der Waals surface area contributed by atoms with Crippen LogP contribution in [0.2, 0.25) is 0 Å². The van der Waals surface area contributed by atoms with Crippen LogP contribution in [-0.2, 0) is 0 Å². The lowest BCUT2D eigenvalue weighted by Crippen LogP contribution is -2.54. The zero-order valence-electron chi connectivity index (χ0n) is 17.6. The van der Waals surface area contributed by atoms with Crippen LogP contribution >= 0.6 is 0 Å². The summed E-state index contributed by atoms with van der Waals surface area (Å²) < 4.78 is 0.908. The van der Waals surface area contributed by atoms with Gasteiger partial charge in [0.15, 0.2) is 6.17 Å². The van der Waals surface area contributed by atoms with E-state index in [2.05, 4.69) is 43.7 Å². The lowest BCUT2D eigenvalue weighted by atomic mass is 10.0.